The van der Waals surface area contributed by atoms with Crippen molar-refractivity contribution < 1.29 is 14.3 Å². The highest BCUT2D eigenvalue weighted by atomic mass is 16.5. The van der Waals surface area contributed by atoms with Crippen LogP contribution >= 0.6 is 0 Å². The van der Waals surface area contributed by atoms with Crippen molar-refractivity contribution in [2.45, 2.75) is 33.3 Å². The van der Waals surface area contributed by atoms with Gasteiger partial charge in [0.2, 0.25) is 0 Å². The van der Waals surface area contributed by atoms with Gasteiger partial charge in [0.05, 0.1) is 5.92 Å². The lowest BCUT2D eigenvalue weighted by Crippen LogP contribution is -2.46. The number of Topliss-reactive ketones (excluding diaryl/α,β-unsaturated/α-hetero) is 1. The second-order valence-corrected chi connectivity index (χ2v) is 4.32. The molecule has 0 N–H and O–H groups in total. The van der Waals surface area contributed by atoms with Crippen molar-refractivity contribution >= 4 is 11.8 Å². The van der Waals surface area contributed by atoms with Crippen LogP contribution in [-0.4, -0.2) is 17.9 Å². The Morgan fingerprint density at radius 3 is 2.60 bits per heavy atom. The van der Waals surface area contributed by atoms with E-state index in [0.29, 0.717) is 0 Å². The molecule has 0 radical (unpaired) electrons. The molecular weight excluding hydrogens is 192 g/mol. The number of esters is 1. The van der Waals surface area contributed by atoms with Gasteiger partial charge in [-0.15, -0.1) is 6.58 Å². The fourth-order valence-electron chi connectivity index (χ4n) is 2.02. The summed E-state index contributed by atoms with van der Waals surface area (Å²) in [7, 11) is 0. The van der Waals surface area contributed by atoms with Crippen molar-refractivity contribution in [1.29, 1.82) is 0 Å². The van der Waals surface area contributed by atoms with E-state index < -0.39 is 5.92 Å². The van der Waals surface area contributed by atoms with Gasteiger partial charge in [-0.3, -0.25) is 9.59 Å². The summed E-state index contributed by atoms with van der Waals surface area (Å²) < 4.78 is 5.29. The van der Waals surface area contributed by atoms with E-state index in [2.05, 4.69) is 6.58 Å². The minimum absolute atomic E-state index is 0.00726. The number of ether oxygens (including phenoxy) is 1. The van der Waals surface area contributed by atoms with Gasteiger partial charge < -0.3 is 4.74 Å². The molecule has 4 atom stereocenters. The zero-order valence-corrected chi connectivity index (χ0v) is 9.53. The van der Waals surface area contributed by atoms with E-state index in [1.165, 1.54) is 0 Å². The van der Waals surface area contributed by atoms with E-state index in [-0.39, 0.29) is 29.7 Å². The monoisotopic (exact) mass is 210 g/mol. The summed E-state index contributed by atoms with van der Waals surface area (Å²) in [4.78, 5) is 23.1. The predicted molar refractivity (Wildman–Crippen MR) is 57.2 cm³/mol. The van der Waals surface area contributed by atoms with Gasteiger partial charge in [0.15, 0.2) is 5.78 Å². The summed E-state index contributed by atoms with van der Waals surface area (Å²) in [5.41, 5.74) is 0. The fraction of sp³-hybridized carbons (Fsp3) is 0.667. The van der Waals surface area contributed by atoms with E-state index >= 15 is 0 Å². The average molecular weight is 210 g/mol. The number of ketones is 1. The molecule has 3 nitrogen and oxygen atoms in total. The molecule has 1 unspecified atom stereocenters. The maximum atomic E-state index is 11.7. The topological polar surface area (TPSA) is 43.4 Å². The zero-order valence-electron chi connectivity index (χ0n) is 9.53. The smallest absolute Gasteiger partial charge is 0.316 e. The first-order chi connectivity index (χ1) is 6.99. The quantitative estimate of drug-likeness (QED) is 0.406. The molecule has 15 heavy (non-hydrogen) atoms. The Morgan fingerprint density at radius 1 is 1.47 bits per heavy atom. The van der Waals surface area contributed by atoms with Crippen LogP contribution in [0, 0.1) is 17.8 Å². The third-order valence-electron chi connectivity index (χ3n) is 3.07. The highest BCUT2D eigenvalue weighted by Gasteiger charge is 2.41. The van der Waals surface area contributed by atoms with Crippen molar-refractivity contribution in [3.05, 3.63) is 12.7 Å². The van der Waals surface area contributed by atoms with Gasteiger partial charge in [-0.25, -0.2) is 0 Å². The maximum absolute atomic E-state index is 11.7. The number of hydrogen-bond donors (Lipinski definition) is 0. The SMILES string of the molecule is C=CC[C@H](C)[C@@H]1OC(=O)C(C)C(=O)[C@@H]1C. The summed E-state index contributed by atoms with van der Waals surface area (Å²) in [5.74, 6) is -1.05. The number of cyclic esters (lactones) is 1. The van der Waals surface area contributed by atoms with E-state index in [0.717, 1.165) is 6.42 Å². The van der Waals surface area contributed by atoms with Gasteiger partial charge in [0, 0.05) is 0 Å². The number of hydrogen-bond acceptors (Lipinski definition) is 3. The van der Waals surface area contributed by atoms with Crippen LogP contribution in [0.25, 0.3) is 0 Å². The van der Waals surface area contributed by atoms with Crippen LogP contribution in [0.15, 0.2) is 12.7 Å². The van der Waals surface area contributed by atoms with E-state index in [1.807, 2.05) is 13.8 Å². The molecule has 0 aliphatic carbocycles. The summed E-state index contributed by atoms with van der Waals surface area (Å²) in [6.07, 6.45) is 2.25. The third-order valence-corrected chi connectivity index (χ3v) is 3.07. The van der Waals surface area contributed by atoms with Gasteiger partial charge in [0.1, 0.15) is 12.0 Å². The molecule has 0 aromatic heterocycles. The molecule has 0 amide bonds. The minimum atomic E-state index is -0.604. The second-order valence-electron chi connectivity index (χ2n) is 4.32. The van der Waals surface area contributed by atoms with Gasteiger partial charge >= 0.3 is 5.97 Å². The Balaban J connectivity index is 2.78. The standard InChI is InChI=1S/C12H18O3/c1-5-6-7(2)11-8(3)10(13)9(4)12(14)15-11/h5,7-9,11H,1,6H2,2-4H3/t7-,8-,9?,11-/m0/s1. The lowest BCUT2D eigenvalue weighted by molar-refractivity contribution is -0.172. The number of carbonyl (C=O) groups excluding carboxylic acids is 2. The number of rotatable bonds is 3. The summed E-state index contributed by atoms with van der Waals surface area (Å²) in [6, 6.07) is 0. The van der Waals surface area contributed by atoms with Crippen LogP contribution in [0.5, 0.6) is 0 Å². The molecule has 0 bridgehead atoms. The van der Waals surface area contributed by atoms with Gasteiger partial charge in [-0.2, -0.15) is 0 Å². The summed E-state index contributed by atoms with van der Waals surface area (Å²) in [6.45, 7) is 9.06. The van der Waals surface area contributed by atoms with Gasteiger partial charge in [-0.05, 0) is 19.3 Å². The molecule has 84 valence electrons. The Kier molecular flexibility index (Phi) is 3.66. The van der Waals surface area contributed by atoms with Crippen LogP contribution in [0.4, 0.5) is 0 Å². The molecule has 3 heteroatoms. The molecule has 1 rings (SSSR count). The first-order valence-corrected chi connectivity index (χ1v) is 5.34. The zero-order chi connectivity index (χ0) is 11.6. The Hall–Kier alpha value is -1.12. The molecule has 1 aliphatic heterocycles. The third kappa shape index (κ3) is 2.28. The highest BCUT2D eigenvalue weighted by Crippen LogP contribution is 2.28. The molecule has 0 aromatic rings. The van der Waals surface area contributed by atoms with E-state index in [4.69, 9.17) is 4.74 Å². The highest BCUT2D eigenvalue weighted by molar-refractivity contribution is 6.01. The lowest BCUT2D eigenvalue weighted by Gasteiger charge is -2.34. The molecule has 1 saturated heterocycles. The molecule has 0 aromatic carbocycles. The van der Waals surface area contributed by atoms with Crippen LogP contribution < -0.4 is 0 Å². The number of allylic oxidation sites excluding steroid dienone is 1. The van der Waals surface area contributed by atoms with Crippen molar-refractivity contribution in [2.75, 3.05) is 0 Å². The maximum Gasteiger partial charge on any atom is 0.316 e. The average Bonchev–Trinajstić information content (AvgIpc) is 2.20. The van der Waals surface area contributed by atoms with Crippen LogP contribution in [-0.2, 0) is 14.3 Å². The van der Waals surface area contributed by atoms with Crippen LogP contribution in [0.1, 0.15) is 27.2 Å². The fourth-order valence-corrected chi connectivity index (χ4v) is 2.02. The van der Waals surface area contributed by atoms with Crippen molar-refractivity contribution in [1.82, 2.24) is 0 Å². The first-order valence-electron chi connectivity index (χ1n) is 5.34. The van der Waals surface area contributed by atoms with Crippen molar-refractivity contribution in [3.63, 3.8) is 0 Å². The van der Waals surface area contributed by atoms with Gasteiger partial charge in [0.25, 0.3) is 0 Å². The Bertz CT molecular complexity index is 283. The van der Waals surface area contributed by atoms with E-state index in [9.17, 15) is 9.59 Å². The molecule has 0 spiro atoms. The largest absolute Gasteiger partial charge is 0.461 e. The van der Waals surface area contributed by atoms with Crippen LogP contribution in [0.2, 0.25) is 0 Å². The van der Waals surface area contributed by atoms with Crippen molar-refractivity contribution in [2.24, 2.45) is 17.8 Å². The van der Waals surface area contributed by atoms with E-state index in [1.54, 1.807) is 13.0 Å². The molecule has 1 fully saturated rings. The van der Waals surface area contributed by atoms with Crippen molar-refractivity contribution in [3.8, 4) is 0 Å². The minimum Gasteiger partial charge on any atom is -0.461 e. The predicted octanol–water partition coefficient (Wildman–Crippen LogP) is 1.97. The van der Waals surface area contributed by atoms with Gasteiger partial charge in [-0.1, -0.05) is 19.9 Å². The molecule has 1 aliphatic rings. The van der Waals surface area contributed by atoms with Crippen LogP contribution in [0.3, 0.4) is 0 Å². The Labute approximate surface area is 90.5 Å². The summed E-state index contributed by atoms with van der Waals surface area (Å²) in [5, 5.41) is 0. The normalized spacial score (nSPS) is 33.4. The molecule has 0 saturated carbocycles. The lowest BCUT2D eigenvalue weighted by atomic mass is 9.82. The Morgan fingerprint density at radius 2 is 2.07 bits per heavy atom. The molecule has 1 heterocycles. The number of carbonyl (C=O) groups is 2. The molecular formula is C12H18O3. The first kappa shape index (κ1) is 12.0. The second kappa shape index (κ2) is 4.60. The summed E-state index contributed by atoms with van der Waals surface area (Å²) >= 11 is 0.